The molecule has 0 aliphatic carbocycles. The lowest BCUT2D eigenvalue weighted by atomic mass is 10.1. The fourth-order valence-corrected chi connectivity index (χ4v) is 2.75. The molecule has 1 aromatic heterocycles. The first-order valence-corrected chi connectivity index (χ1v) is 7.27. The van der Waals surface area contributed by atoms with Crippen LogP contribution in [0.5, 0.6) is 5.75 Å². The molecule has 0 spiro atoms. The molecule has 0 bridgehead atoms. The number of rotatable bonds is 4. The molecule has 3 aromatic rings. The Hall–Kier alpha value is -1.85. The average Bonchev–Trinajstić information content (AvgIpc) is 2.95. The Morgan fingerprint density at radius 2 is 1.95 bits per heavy atom. The van der Waals surface area contributed by atoms with Gasteiger partial charge in [-0.15, -0.1) is 10.2 Å². The fraction of sp³-hybridized carbons (Fsp3) is 0.143. The molecular weight excluding hydrogens is 294 g/mol. The van der Waals surface area contributed by atoms with Crippen molar-refractivity contribution >= 4 is 38.8 Å². The number of anilines is 1. The summed E-state index contributed by atoms with van der Waals surface area (Å²) >= 11 is 7.66. The van der Waals surface area contributed by atoms with Gasteiger partial charge in [0.05, 0.1) is 0 Å². The van der Waals surface area contributed by atoms with Crippen molar-refractivity contribution in [1.82, 2.24) is 10.2 Å². The van der Waals surface area contributed by atoms with Crippen molar-refractivity contribution in [1.29, 1.82) is 0 Å². The quantitative estimate of drug-likeness (QED) is 0.792. The van der Waals surface area contributed by atoms with Crippen LogP contribution in [0.4, 0.5) is 5.13 Å². The number of ether oxygens (including phenoxy) is 1. The SMILES string of the molecule is CNc1nnc(COc2ccc(Cl)c3ccccc23)s1. The number of aromatic nitrogens is 2. The zero-order chi connectivity index (χ0) is 13.9. The highest BCUT2D eigenvalue weighted by Gasteiger charge is 2.07. The molecule has 20 heavy (non-hydrogen) atoms. The van der Waals surface area contributed by atoms with Gasteiger partial charge in [0, 0.05) is 22.8 Å². The molecule has 4 nitrogen and oxygen atoms in total. The molecule has 1 N–H and O–H groups in total. The Bertz CT molecular complexity index is 744. The van der Waals surface area contributed by atoms with E-state index >= 15 is 0 Å². The van der Waals surface area contributed by atoms with Crippen LogP contribution in [-0.4, -0.2) is 17.2 Å². The summed E-state index contributed by atoms with van der Waals surface area (Å²) in [6.45, 7) is 0.394. The smallest absolute Gasteiger partial charge is 0.205 e. The van der Waals surface area contributed by atoms with Gasteiger partial charge in [-0.1, -0.05) is 47.2 Å². The molecule has 102 valence electrons. The van der Waals surface area contributed by atoms with Crippen LogP contribution in [0.1, 0.15) is 5.01 Å². The highest BCUT2D eigenvalue weighted by molar-refractivity contribution is 7.15. The molecular formula is C14H12ClN3OS. The minimum Gasteiger partial charge on any atom is -0.486 e. The third-order valence-electron chi connectivity index (χ3n) is 2.86. The maximum atomic E-state index is 6.18. The number of nitrogens with one attached hydrogen (secondary N) is 1. The maximum absolute atomic E-state index is 6.18. The van der Waals surface area contributed by atoms with Crippen molar-refractivity contribution in [3.8, 4) is 5.75 Å². The van der Waals surface area contributed by atoms with Crippen molar-refractivity contribution in [2.24, 2.45) is 0 Å². The summed E-state index contributed by atoms with van der Waals surface area (Å²) in [6.07, 6.45) is 0. The Balaban J connectivity index is 1.86. The van der Waals surface area contributed by atoms with Crippen molar-refractivity contribution in [3.63, 3.8) is 0 Å². The summed E-state index contributed by atoms with van der Waals surface area (Å²) in [6, 6.07) is 11.6. The number of hydrogen-bond acceptors (Lipinski definition) is 5. The molecule has 0 saturated carbocycles. The maximum Gasteiger partial charge on any atom is 0.205 e. The predicted molar refractivity (Wildman–Crippen MR) is 82.7 cm³/mol. The van der Waals surface area contributed by atoms with Crippen LogP contribution >= 0.6 is 22.9 Å². The molecule has 6 heteroatoms. The molecule has 2 aromatic carbocycles. The van der Waals surface area contributed by atoms with Crippen molar-refractivity contribution in [3.05, 3.63) is 46.4 Å². The number of halogens is 1. The van der Waals surface area contributed by atoms with Gasteiger partial charge < -0.3 is 10.1 Å². The second-order valence-corrected chi connectivity index (χ2v) is 5.60. The molecule has 3 rings (SSSR count). The van der Waals surface area contributed by atoms with Gasteiger partial charge in [-0.2, -0.15) is 0 Å². The average molecular weight is 306 g/mol. The lowest BCUT2D eigenvalue weighted by Crippen LogP contribution is -1.95. The van der Waals surface area contributed by atoms with Crippen LogP contribution < -0.4 is 10.1 Å². The summed E-state index contributed by atoms with van der Waals surface area (Å²) < 4.78 is 5.84. The highest BCUT2D eigenvalue weighted by Crippen LogP contribution is 2.31. The summed E-state index contributed by atoms with van der Waals surface area (Å²) in [7, 11) is 1.82. The minimum atomic E-state index is 0.394. The Morgan fingerprint density at radius 1 is 1.15 bits per heavy atom. The Kier molecular flexibility index (Phi) is 3.71. The van der Waals surface area contributed by atoms with Crippen LogP contribution in [-0.2, 0) is 6.61 Å². The van der Waals surface area contributed by atoms with Crippen LogP contribution in [0.3, 0.4) is 0 Å². The van der Waals surface area contributed by atoms with E-state index in [0.29, 0.717) is 6.61 Å². The van der Waals surface area contributed by atoms with Gasteiger partial charge in [-0.05, 0) is 12.1 Å². The molecule has 0 aliphatic rings. The second-order valence-electron chi connectivity index (χ2n) is 4.13. The standard InChI is InChI=1S/C14H12ClN3OS/c1-16-14-18-17-13(20-14)8-19-12-7-6-11(15)9-4-2-3-5-10(9)12/h2-7H,8H2,1H3,(H,16,18). The van der Waals surface area contributed by atoms with E-state index in [1.807, 2.05) is 43.4 Å². The topological polar surface area (TPSA) is 47.0 Å². The number of fused-ring (bicyclic) bond motifs is 1. The minimum absolute atomic E-state index is 0.394. The first kappa shape index (κ1) is 13.1. The molecule has 0 unspecified atom stereocenters. The molecule has 0 saturated heterocycles. The van der Waals surface area contributed by atoms with E-state index in [2.05, 4.69) is 15.5 Å². The molecule has 0 fully saturated rings. The van der Waals surface area contributed by atoms with Gasteiger partial charge in [-0.25, -0.2) is 0 Å². The van der Waals surface area contributed by atoms with E-state index in [4.69, 9.17) is 16.3 Å². The van der Waals surface area contributed by atoms with E-state index in [9.17, 15) is 0 Å². The number of benzene rings is 2. The summed E-state index contributed by atoms with van der Waals surface area (Å²) in [5.74, 6) is 0.797. The summed E-state index contributed by atoms with van der Waals surface area (Å²) in [5.41, 5.74) is 0. The van der Waals surface area contributed by atoms with Gasteiger partial charge in [0.1, 0.15) is 12.4 Å². The first-order valence-electron chi connectivity index (χ1n) is 6.08. The number of nitrogens with zero attached hydrogens (tertiary/aromatic N) is 2. The van der Waals surface area contributed by atoms with Crippen LogP contribution in [0.25, 0.3) is 10.8 Å². The van der Waals surface area contributed by atoms with Gasteiger partial charge in [0.25, 0.3) is 0 Å². The molecule has 0 atom stereocenters. The monoisotopic (exact) mass is 305 g/mol. The van der Waals surface area contributed by atoms with Crippen LogP contribution in [0, 0.1) is 0 Å². The lowest BCUT2D eigenvalue weighted by molar-refractivity contribution is 0.308. The Morgan fingerprint density at radius 3 is 2.70 bits per heavy atom. The third kappa shape index (κ3) is 2.55. The Labute approximate surface area is 125 Å². The van der Waals surface area contributed by atoms with Gasteiger partial charge in [0.15, 0.2) is 5.01 Å². The lowest BCUT2D eigenvalue weighted by Gasteiger charge is -2.08. The van der Waals surface area contributed by atoms with E-state index in [1.165, 1.54) is 11.3 Å². The fourth-order valence-electron chi connectivity index (χ4n) is 1.91. The van der Waals surface area contributed by atoms with Gasteiger partial charge in [-0.3, -0.25) is 0 Å². The zero-order valence-electron chi connectivity index (χ0n) is 10.8. The first-order chi connectivity index (χ1) is 9.78. The van der Waals surface area contributed by atoms with E-state index in [-0.39, 0.29) is 0 Å². The molecule has 1 heterocycles. The predicted octanol–water partition coefficient (Wildman–Crippen LogP) is 3.97. The summed E-state index contributed by atoms with van der Waals surface area (Å²) in [5, 5.41) is 15.3. The van der Waals surface area contributed by atoms with E-state index in [1.54, 1.807) is 0 Å². The highest BCUT2D eigenvalue weighted by atomic mass is 35.5. The third-order valence-corrected chi connectivity index (χ3v) is 4.11. The molecule has 0 amide bonds. The normalized spacial score (nSPS) is 10.7. The van der Waals surface area contributed by atoms with Crippen molar-refractivity contribution in [2.45, 2.75) is 6.61 Å². The molecule has 0 radical (unpaired) electrons. The molecule has 0 aliphatic heterocycles. The van der Waals surface area contributed by atoms with E-state index < -0.39 is 0 Å². The number of hydrogen-bond donors (Lipinski definition) is 1. The van der Waals surface area contributed by atoms with Crippen LogP contribution in [0.15, 0.2) is 36.4 Å². The zero-order valence-corrected chi connectivity index (χ0v) is 12.3. The van der Waals surface area contributed by atoms with E-state index in [0.717, 1.165) is 31.7 Å². The van der Waals surface area contributed by atoms with Crippen molar-refractivity contribution < 1.29 is 4.74 Å². The second kappa shape index (κ2) is 5.64. The van der Waals surface area contributed by atoms with Gasteiger partial charge >= 0.3 is 0 Å². The van der Waals surface area contributed by atoms with Crippen LogP contribution in [0.2, 0.25) is 5.02 Å². The van der Waals surface area contributed by atoms with Crippen molar-refractivity contribution in [2.75, 3.05) is 12.4 Å². The van der Waals surface area contributed by atoms with Gasteiger partial charge in [0.2, 0.25) is 5.13 Å². The largest absolute Gasteiger partial charge is 0.486 e. The summed E-state index contributed by atoms with van der Waals surface area (Å²) in [4.78, 5) is 0.